The van der Waals surface area contributed by atoms with E-state index in [1.54, 1.807) is 35.4 Å². The third-order valence-electron chi connectivity index (χ3n) is 7.28. The second-order valence-corrected chi connectivity index (χ2v) is 10.1. The zero-order valence-corrected chi connectivity index (χ0v) is 19.3. The number of urea groups is 1. The molecule has 3 aliphatic rings. The van der Waals surface area contributed by atoms with E-state index in [1.165, 1.54) is 0 Å². The number of amides is 2. The van der Waals surface area contributed by atoms with Crippen molar-refractivity contribution in [3.8, 4) is 0 Å². The number of likely N-dealkylation sites (N-methyl/N-ethyl adjacent to an activating group) is 1. The molecular formula is C23H31F2N7O. The van der Waals surface area contributed by atoms with Gasteiger partial charge in [-0.2, -0.15) is 4.98 Å². The van der Waals surface area contributed by atoms with E-state index >= 15 is 0 Å². The van der Waals surface area contributed by atoms with Crippen molar-refractivity contribution in [2.24, 2.45) is 5.92 Å². The molecule has 2 aromatic heterocycles. The zero-order valence-electron chi connectivity index (χ0n) is 19.3. The molecule has 0 unspecified atom stereocenters. The quantitative estimate of drug-likeness (QED) is 0.692. The summed E-state index contributed by atoms with van der Waals surface area (Å²) in [7, 11) is 1.81. The summed E-state index contributed by atoms with van der Waals surface area (Å²) in [5.74, 6) is -1.20. The summed E-state index contributed by atoms with van der Waals surface area (Å²) in [4.78, 5) is 29.9. The molecule has 2 saturated carbocycles. The van der Waals surface area contributed by atoms with Gasteiger partial charge in [0.1, 0.15) is 5.82 Å². The molecule has 2 aromatic rings. The van der Waals surface area contributed by atoms with Crippen molar-refractivity contribution in [2.75, 3.05) is 23.8 Å². The van der Waals surface area contributed by atoms with Crippen molar-refractivity contribution in [3.63, 3.8) is 0 Å². The third-order valence-corrected chi connectivity index (χ3v) is 7.28. The van der Waals surface area contributed by atoms with E-state index in [1.807, 2.05) is 10.8 Å². The van der Waals surface area contributed by atoms with Crippen molar-refractivity contribution in [3.05, 3.63) is 30.5 Å². The molecule has 0 spiro atoms. The standard InChI is InChI=1S/C23H31F2N7O/c1-15(2)17-12-30(3)21(33)32(17)19-6-11-26-20(28-19)29-22(9-10-22)18-13-31(14-27-18)16-4-7-23(24,25)8-5-16/h6,11,13-17H,4-5,7-10,12H2,1-3H3,(H,26,28,29)/t17-/m1/s1. The topological polar surface area (TPSA) is 79.2 Å². The highest BCUT2D eigenvalue weighted by Gasteiger charge is 2.48. The number of hydrogen-bond acceptors (Lipinski definition) is 5. The van der Waals surface area contributed by atoms with Gasteiger partial charge < -0.3 is 14.8 Å². The average molecular weight is 460 g/mol. The minimum Gasteiger partial charge on any atom is -0.343 e. The molecular weight excluding hydrogens is 428 g/mol. The number of anilines is 2. The van der Waals surface area contributed by atoms with Crippen LogP contribution in [0.5, 0.6) is 0 Å². The lowest BCUT2D eigenvalue weighted by Crippen LogP contribution is -2.38. The molecule has 33 heavy (non-hydrogen) atoms. The summed E-state index contributed by atoms with van der Waals surface area (Å²) in [5.41, 5.74) is 0.525. The molecule has 2 amide bonds. The number of carbonyl (C=O) groups is 1. The number of carbonyl (C=O) groups excluding carboxylic acids is 1. The molecule has 2 aliphatic carbocycles. The van der Waals surface area contributed by atoms with Crippen molar-refractivity contribution >= 4 is 17.8 Å². The SMILES string of the molecule is CC(C)[C@H]1CN(C)C(=O)N1c1ccnc(NC2(c3cn(C4CCC(F)(F)CC4)cn3)CC2)n1. The molecule has 3 fully saturated rings. The van der Waals surface area contributed by atoms with Gasteiger partial charge in [-0.25, -0.2) is 23.5 Å². The van der Waals surface area contributed by atoms with Crippen molar-refractivity contribution in [2.45, 2.75) is 75.9 Å². The number of rotatable bonds is 6. The number of halogens is 2. The highest BCUT2D eigenvalue weighted by Crippen LogP contribution is 2.48. The summed E-state index contributed by atoms with van der Waals surface area (Å²) >= 11 is 0. The predicted octanol–water partition coefficient (Wildman–Crippen LogP) is 4.42. The number of alkyl halides is 2. The maximum absolute atomic E-state index is 13.5. The molecule has 10 heteroatoms. The van der Waals surface area contributed by atoms with Gasteiger partial charge in [-0.05, 0) is 37.7 Å². The van der Waals surface area contributed by atoms with Crippen LogP contribution >= 0.6 is 0 Å². The largest absolute Gasteiger partial charge is 0.343 e. The van der Waals surface area contributed by atoms with Gasteiger partial charge in [0.25, 0.3) is 0 Å². The molecule has 178 valence electrons. The Morgan fingerprint density at radius 1 is 1.15 bits per heavy atom. The molecule has 1 aliphatic heterocycles. The molecule has 1 saturated heterocycles. The fourth-order valence-electron chi connectivity index (χ4n) is 4.98. The molecule has 3 heterocycles. The van der Waals surface area contributed by atoms with Gasteiger partial charge in [-0.1, -0.05) is 13.8 Å². The molecule has 0 aromatic carbocycles. The van der Waals surface area contributed by atoms with Crippen LogP contribution < -0.4 is 10.2 Å². The lowest BCUT2D eigenvalue weighted by atomic mass is 9.92. The van der Waals surface area contributed by atoms with Crippen LogP contribution in [0.15, 0.2) is 24.8 Å². The highest BCUT2D eigenvalue weighted by molar-refractivity contribution is 5.94. The fourth-order valence-corrected chi connectivity index (χ4v) is 4.98. The summed E-state index contributed by atoms with van der Waals surface area (Å²) < 4.78 is 29.0. The van der Waals surface area contributed by atoms with Gasteiger partial charge in [0.2, 0.25) is 11.9 Å². The van der Waals surface area contributed by atoms with Crippen LogP contribution in [0.2, 0.25) is 0 Å². The lowest BCUT2D eigenvalue weighted by molar-refractivity contribution is -0.0439. The first-order valence-electron chi connectivity index (χ1n) is 11.7. The molecule has 0 radical (unpaired) electrons. The van der Waals surface area contributed by atoms with Crippen molar-refractivity contribution in [1.29, 1.82) is 0 Å². The second-order valence-electron chi connectivity index (χ2n) is 10.1. The van der Waals surface area contributed by atoms with Crippen molar-refractivity contribution in [1.82, 2.24) is 24.4 Å². The second kappa shape index (κ2) is 7.92. The minimum absolute atomic E-state index is 0.0544. The summed E-state index contributed by atoms with van der Waals surface area (Å²) in [6.45, 7) is 4.87. The smallest absolute Gasteiger partial charge is 0.325 e. The maximum Gasteiger partial charge on any atom is 0.325 e. The Morgan fingerprint density at radius 3 is 2.55 bits per heavy atom. The first-order chi connectivity index (χ1) is 15.7. The van der Waals surface area contributed by atoms with E-state index in [-0.39, 0.29) is 36.5 Å². The Hall–Kier alpha value is -2.78. The zero-order chi connectivity index (χ0) is 23.4. The van der Waals surface area contributed by atoms with E-state index in [9.17, 15) is 13.6 Å². The van der Waals surface area contributed by atoms with Crippen LogP contribution in [0.25, 0.3) is 0 Å². The number of aromatic nitrogens is 4. The fraction of sp³-hybridized carbons (Fsp3) is 0.652. The number of nitrogens with zero attached hydrogens (tertiary/aromatic N) is 6. The van der Waals surface area contributed by atoms with Gasteiger partial charge in [0.15, 0.2) is 0 Å². The van der Waals surface area contributed by atoms with E-state index in [0.29, 0.717) is 37.1 Å². The Balaban J connectivity index is 1.32. The van der Waals surface area contributed by atoms with Crippen LogP contribution in [0.1, 0.15) is 64.1 Å². The van der Waals surface area contributed by atoms with E-state index in [2.05, 4.69) is 34.1 Å². The molecule has 8 nitrogen and oxygen atoms in total. The van der Waals surface area contributed by atoms with Crippen LogP contribution in [0.4, 0.5) is 25.3 Å². The molecule has 5 rings (SSSR count). The normalized spacial score (nSPS) is 24.5. The maximum atomic E-state index is 13.5. The minimum atomic E-state index is -2.54. The summed E-state index contributed by atoms with van der Waals surface area (Å²) in [6, 6.07) is 1.83. The van der Waals surface area contributed by atoms with Gasteiger partial charge in [-0.15, -0.1) is 0 Å². The van der Waals surface area contributed by atoms with Crippen LogP contribution in [-0.2, 0) is 5.54 Å². The average Bonchev–Trinajstić information content (AvgIpc) is 3.24. The van der Waals surface area contributed by atoms with Gasteiger partial charge >= 0.3 is 6.03 Å². The summed E-state index contributed by atoms with van der Waals surface area (Å²) in [6.07, 6.45) is 7.97. The van der Waals surface area contributed by atoms with Gasteiger partial charge in [0.05, 0.1) is 23.6 Å². The third kappa shape index (κ3) is 4.15. The first-order valence-corrected chi connectivity index (χ1v) is 11.7. The van der Waals surface area contributed by atoms with E-state index in [4.69, 9.17) is 0 Å². The first kappa shape index (κ1) is 22.0. The molecule has 1 atom stereocenters. The van der Waals surface area contributed by atoms with Crippen LogP contribution in [0.3, 0.4) is 0 Å². The van der Waals surface area contributed by atoms with E-state index < -0.39 is 5.92 Å². The monoisotopic (exact) mass is 459 g/mol. The van der Waals surface area contributed by atoms with Gasteiger partial charge in [0, 0.05) is 44.9 Å². The Morgan fingerprint density at radius 2 is 1.88 bits per heavy atom. The molecule has 0 bridgehead atoms. The van der Waals surface area contributed by atoms with Gasteiger partial charge in [-0.3, -0.25) is 4.90 Å². The highest BCUT2D eigenvalue weighted by atomic mass is 19.3. The Kier molecular flexibility index (Phi) is 5.29. The lowest BCUT2D eigenvalue weighted by Gasteiger charge is -2.29. The Labute approximate surface area is 192 Å². The van der Waals surface area contributed by atoms with E-state index in [0.717, 1.165) is 18.5 Å². The van der Waals surface area contributed by atoms with Crippen molar-refractivity contribution < 1.29 is 13.6 Å². The Bertz CT molecular complexity index is 1030. The summed E-state index contributed by atoms with van der Waals surface area (Å²) in [5, 5.41) is 3.44. The molecule has 1 N–H and O–H groups in total. The number of imidazole rings is 1. The predicted molar refractivity (Wildman–Crippen MR) is 120 cm³/mol. The number of nitrogens with one attached hydrogen (secondary N) is 1. The van der Waals surface area contributed by atoms with Crippen LogP contribution in [-0.4, -0.2) is 56.0 Å². The van der Waals surface area contributed by atoms with Crippen LogP contribution in [0, 0.1) is 5.92 Å². The number of hydrogen-bond donors (Lipinski definition) is 1.